The van der Waals surface area contributed by atoms with Crippen molar-refractivity contribution < 1.29 is 17.6 Å². The van der Waals surface area contributed by atoms with Crippen LogP contribution in [0.5, 0.6) is 0 Å². The Morgan fingerprint density at radius 1 is 0.929 bits per heavy atom. The average Bonchev–Trinajstić information content (AvgIpc) is 2.15. The van der Waals surface area contributed by atoms with Gasteiger partial charge in [0.2, 0.25) is 0 Å². The first-order valence-corrected chi connectivity index (χ1v) is 3.74. The minimum Gasteiger partial charge on any atom is -0.173 e. The average molecular weight is 202 g/mol. The van der Waals surface area contributed by atoms with E-state index in [1.165, 1.54) is 24.3 Å². The van der Waals surface area contributed by atoms with Gasteiger partial charge in [0, 0.05) is 6.08 Å². The number of allylic oxidation sites excluding steroid dienone is 2. The van der Waals surface area contributed by atoms with E-state index in [4.69, 9.17) is 0 Å². The largest absolute Gasteiger partial charge is 0.278 e. The van der Waals surface area contributed by atoms with Crippen molar-refractivity contribution in [2.75, 3.05) is 0 Å². The van der Waals surface area contributed by atoms with Gasteiger partial charge >= 0.3 is 0 Å². The van der Waals surface area contributed by atoms with Gasteiger partial charge in [0.25, 0.3) is 12.2 Å². The van der Waals surface area contributed by atoms with Crippen LogP contribution in [0.25, 0.3) is 5.57 Å². The number of benzene rings is 1. The zero-order valence-corrected chi connectivity index (χ0v) is 6.98. The minimum absolute atomic E-state index is 0.0697. The van der Waals surface area contributed by atoms with E-state index >= 15 is 0 Å². The number of hydrogen-bond donors (Lipinski definition) is 0. The van der Waals surface area contributed by atoms with E-state index in [9.17, 15) is 17.6 Å². The quantitative estimate of drug-likeness (QED) is 0.500. The molecule has 0 saturated carbocycles. The summed E-state index contributed by atoms with van der Waals surface area (Å²) in [5.41, 5.74) is -0.675. The second kappa shape index (κ2) is 4.60. The van der Waals surface area contributed by atoms with Crippen LogP contribution in [0, 0.1) is 0 Å². The van der Waals surface area contributed by atoms with Gasteiger partial charge in [-0.1, -0.05) is 30.3 Å². The molecule has 0 heterocycles. The monoisotopic (exact) mass is 202 g/mol. The van der Waals surface area contributed by atoms with Crippen LogP contribution >= 0.6 is 0 Å². The van der Waals surface area contributed by atoms with E-state index in [0.29, 0.717) is 0 Å². The standard InChI is InChI=1S/C10H6F4/c11-9(12)6-8(10(13)14)7-4-2-1-3-5-7/h1-6H. The second-order valence-corrected chi connectivity index (χ2v) is 2.47. The molecule has 0 saturated heterocycles. The molecule has 0 bridgehead atoms. The molecule has 0 amide bonds. The molecule has 0 atom stereocenters. The van der Waals surface area contributed by atoms with E-state index in [2.05, 4.69) is 0 Å². The SMILES string of the molecule is FC(F)=CC(=C(F)F)c1ccccc1. The Balaban J connectivity index is 3.17. The summed E-state index contributed by atoms with van der Waals surface area (Å²) in [4.78, 5) is 0. The Bertz CT molecular complexity index is 357. The highest BCUT2D eigenvalue weighted by Gasteiger charge is 2.07. The Morgan fingerprint density at radius 2 is 1.50 bits per heavy atom. The fraction of sp³-hybridized carbons (Fsp3) is 0. The van der Waals surface area contributed by atoms with Gasteiger partial charge in [0.05, 0.1) is 5.57 Å². The van der Waals surface area contributed by atoms with Gasteiger partial charge in [-0.3, -0.25) is 0 Å². The predicted octanol–water partition coefficient (Wildman–Crippen LogP) is 4.07. The lowest BCUT2D eigenvalue weighted by Gasteiger charge is -1.99. The molecule has 0 aliphatic heterocycles. The van der Waals surface area contributed by atoms with E-state index in [-0.39, 0.29) is 11.6 Å². The highest BCUT2D eigenvalue weighted by molar-refractivity contribution is 5.74. The summed E-state index contributed by atoms with van der Waals surface area (Å²) in [6.45, 7) is 0. The van der Waals surface area contributed by atoms with Crippen LogP contribution in [-0.2, 0) is 0 Å². The number of hydrogen-bond acceptors (Lipinski definition) is 0. The van der Waals surface area contributed by atoms with Crippen molar-refractivity contribution in [3.63, 3.8) is 0 Å². The van der Waals surface area contributed by atoms with Crippen LogP contribution in [0.2, 0.25) is 0 Å². The van der Waals surface area contributed by atoms with Crippen molar-refractivity contribution >= 4 is 5.57 Å². The molecule has 1 aromatic rings. The van der Waals surface area contributed by atoms with Gasteiger partial charge in [-0.2, -0.15) is 17.6 Å². The van der Waals surface area contributed by atoms with Crippen LogP contribution < -0.4 is 0 Å². The first-order valence-electron chi connectivity index (χ1n) is 3.74. The topological polar surface area (TPSA) is 0 Å². The summed E-state index contributed by atoms with van der Waals surface area (Å²) < 4.78 is 48.1. The summed E-state index contributed by atoms with van der Waals surface area (Å²) in [7, 11) is 0. The van der Waals surface area contributed by atoms with E-state index < -0.39 is 17.7 Å². The molecule has 14 heavy (non-hydrogen) atoms. The zero-order chi connectivity index (χ0) is 10.6. The number of halogens is 4. The van der Waals surface area contributed by atoms with Crippen LogP contribution in [0.15, 0.2) is 48.6 Å². The van der Waals surface area contributed by atoms with Crippen molar-refractivity contribution in [1.82, 2.24) is 0 Å². The molecule has 74 valence electrons. The molecule has 0 radical (unpaired) electrons. The van der Waals surface area contributed by atoms with Gasteiger partial charge in [-0.25, -0.2) is 0 Å². The molecule has 0 aromatic heterocycles. The maximum absolute atomic E-state index is 12.2. The van der Waals surface area contributed by atoms with Crippen molar-refractivity contribution in [2.45, 2.75) is 0 Å². The van der Waals surface area contributed by atoms with Crippen LogP contribution in [0.1, 0.15) is 5.56 Å². The lowest BCUT2D eigenvalue weighted by atomic mass is 10.1. The molecule has 0 spiro atoms. The second-order valence-electron chi connectivity index (χ2n) is 2.47. The highest BCUT2D eigenvalue weighted by atomic mass is 19.3. The lowest BCUT2D eigenvalue weighted by Crippen LogP contribution is -1.82. The molecule has 0 N–H and O–H groups in total. The van der Waals surface area contributed by atoms with Crippen LogP contribution in [-0.4, -0.2) is 0 Å². The molecule has 4 heteroatoms. The maximum Gasteiger partial charge on any atom is 0.278 e. The van der Waals surface area contributed by atoms with Crippen LogP contribution in [0.3, 0.4) is 0 Å². The Hall–Kier alpha value is -1.58. The summed E-state index contributed by atoms with van der Waals surface area (Å²) in [6, 6.07) is 7.30. The van der Waals surface area contributed by atoms with Crippen molar-refractivity contribution in [3.05, 3.63) is 54.1 Å². The van der Waals surface area contributed by atoms with Gasteiger partial charge in [-0.05, 0) is 5.56 Å². The van der Waals surface area contributed by atoms with Crippen molar-refractivity contribution in [3.8, 4) is 0 Å². The van der Waals surface area contributed by atoms with Crippen molar-refractivity contribution in [2.24, 2.45) is 0 Å². The Labute approximate surface area is 78.2 Å². The summed E-state index contributed by atoms with van der Waals surface area (Å²) >= 11 is 0. The number of rotatable bonds is 2. The summed E-state index contributed by atoms with van der Waals surface area (Å²) in [6.07, 6.45) is -4.11. The first-order chi connectivity index (χ1) is 6.61. The predicted molar refractivity (Wildman–Crippen MR) is 45.9 cm³/mol. The Morgan fingerprint density at radius 3 is 1.93 bits per heavy atom. The third-order valence-electron chi connectivity index (χ3n) is 1.54. The smallest absolute Gasteiger partial charge is 0.173 e. The van der Waals surface area contributed by atoms with Crippen molar-refractivity contribution in [1.29, 1.82) is 0 Å². The summed E-state index contributed by atoms with van der Waals surface area (Å²) in [5.74, 6) is 0. The molecule has 0 aliphatic carbocycles. The molecule has 0 unspecified atom stereocenters. The molecule has 1 rings (SSSR count). The molecule has 0 fully saturated rings. The fourth-order valence-corrected chi connectivity index (χ4v) is 0.974. The summed E-state index contributed by atoms with van der Waals surface area (Å²) in [5, 5.41) is 0. The highest BCUT2D eigenvalue weighted by Crippen LogP contribution is 2.23. The van der Waals surface area contributed by atoms with Gasteiger partial charge in [0.15, 0.2) is 0 Å². The van der Waals surface area contributed by atoms with E-state index in [0.717, 1.165) is 0 Å². The first kappa shape index (κ1) is 10.5. The molecular weight excluding hydrogens is 196 g/mol. The third-order valence-corrected chi connectivity index (χ3v) is 1.54. The third kappa shape index (κ3) is 2.73. The molecule has 1 aromatic carbocycles. The molecule has 0 aliphatic rings. The van der Waals surface area contributed by atoms with Crippen LogP contribution in [0.4, 0.5) is 17.6 Å². The normalized spacial score (nSPS) is 9.43. The molecular formula is C10H6F4. The minimum atomic E-state index is -2.14. The van der Waals surface area contributed by atoms with Gasteiger partial charge < -0.3 is 0 Å². The Kier molecular flexibility index (Phi) is 3.45. The fourth-order valence-electron chi connectivity index (χ4n) is 0.974. The lowest BCUT2D eigenvalue weighted by molar-refractivity contribution is 0.414. The molecule has 0 nitrogen and oxygen atoms in total. The van der Waals surface area contributed by atoms with E-state index in [1.807, 2.05) is 0 Å². The zero-order valence-electron chi connectivity index (χ0n) is 6.98. The van der Waals surface area contributed by atoms with Gasteiger partial charge in [0.1, 0.15) is 0 Å². The van der Waals surface area contributed by atoms with E-state index in [1.54, 1.807) is 6.07 Å². The maximum atomic E-state index is 12.2. The van der Waals surface area contributed by atoms with Gasteiger partial charge in [-0.15, -0.1) is 0 Å².